The Morgan fingerprint density at radius 2 is 2.11 bits per heavy atom. The van der Waals surface area contributed by atoms with Crippen molar-refractivity contribution in [2.24, 2.45) is 4.99 Å². The third-order valence-electron chi connectivity index (χ3n) is 3.99. The zero-order valence-corrected chi connectivity index (χ0v) is 11.6. The number of nitrogens with zero attached hydrogens (tertiary/aromatic N) is 1. The van der Waals surface area contributed by atoms with Crippen LogP contribution in [0.15, 0.2) is 28.6 Å². The first-order chi connectivity index (χ1) is 9.30. The maximum atomic E-state index is 10.8. The Kier molecular flexibility index (Phi) is 3.13. The van der Waals surface area contributed by atoms with Crippen molar-refractivity contribution in [2.45, 2.75) is 31.2 Å². The molecule has 1 aromatic carbocycles. The first kappa shape index (κ1) is 12.4. The molecule has 0 spiro atoms. The second-order valence-corrected chi connectivity index (χ2v) is 5.84. The van der Waals surface area contributed by atoms with Gasteiger partial charge < -0.3 is 4.74 Å². The molecule has 0 saturated heterocycles. The van der Waals surface area contributed by atoms with Crippen molar-refractivity contribution < 1.29 is 9.53 Å². The molecule has 1 aromatic heterocycles. The van der Waals surface area contributed by atoms with Gasteiger partial charge in [0, 0.05) is 5.39 Å². The van der Waals surface area contributed by atoms with Gasteiger partial charge in [-0.2, -0.15) is 4.99 Å². The second-order valence-electron chi connectivity index (χ2n) is 4.92. The Labute approximate surface area is 115 Å². The lowest BCUT2D eigenvalue weighted by Gasteiger charge is -2.24. The average molecular weight is 273 g/mol. The summed E-state index contributed by atoms with van der Waals surface area (Å²) in [6.45, 7) is 0. The molecular formula is C15H15NO2S. The zero-order valence-electron chi connectivity index (χ0n) is 10.8. The molecule has 3 rings (SSSR count). The topological polar surface area (TPSA) is 38.7 Å². The first-order valence-corrected chi connectivity index (χ1v) is 7.32. The summed E-state index contributed by atoms with van der Waals surface area (Å²) in [7, 11) is 1.68. The standard InChI is InChI=1S/C15H15NO2S/c1-18-13-5-4-12(11-6-9-19-14(11)13)15(16-10-17)7-2-3-8-15/h4-6,9H,2-3,7-8H2,1H3. The van der Waals surface area contributed by atoms with Crippen LogP contribution in [0, 0.1) is 0 Å². The molecule has 98 valence electrons. The largest absolute Gasteiger partial charge is 0.495 e. The molecule has 19 heavy (non-hydrogen) atoms. The van der Waals surface area contributed by atoms with Crippen LogP contribution in [-0.2, 0) is 10.3 Å². The highest BCUT2D eigenvalue weighted by Gasteiger charge is 2.37. The number of benzene rings is 1. The van der Waals surface area contributed by atoms with Crippen LogP contribution in [0.2, 0.25) is 0 Å². The lowest BCUT2D eigenvalue weighted by molar-refractivity contribution is 0.419. The molecule has 1 fully saturated rings. The number of rotatable bonds is 3. The average Bonchev–Trinajstić information content (AvgIpc) is 3.07. The van der Waals surface area contributed by atoms with Crippen LogP contribution < -0.4 is 4.74 Å². The third kappa shape index (κ3) is 1.88. The number of isocyanates is 1. The lowest BCUT2D eigenvalue weighted by atomic mass is 9.86. The smallest absolute Gasteiger partial charge is 0.235 e. The minimum absolute atomic E-state index is 0.368. The van der Waals surface area contributed by atoms with Crippen molar-refractivity contribution in [3.05, 3.63) is 29.1 Å². The Balaban J connectivity index is 2.25. The van der Waals surface area contributed by atoms with Crippen LogP contribution in [0.5, 0.6) is 5.75 Å². The summed E-state index contributed by atoms with van der Waals surface area (Å²) in [5, 5.41) is 3.22. The fourth-order valence-electron chi connectivity index (χ4n) is 3.09. The summed E-state index contributed by atoms with van der Waals surface area (Å²) in [6.07, 6.45) is 5.87. The van der Waals surface area contributed by atoms with Gasteiger partial charge in [0.1, 0.15) is 5.75 Å². The van der Waals surface area contributed by atoms with E-state index >= 15 is 0 Å². The number of methoxy groups -OCH3 is 1. The lowest BCUT2D eigenvalue weighted by Crippen LogP contribution is -2.19. The van der Waals surface area contributed by atoms with Gasteiger partial charge in [-0.05, 0) is 35.9 Å². The van der Waals surface area contributed by atoms with Gasteiger partial charge in [0.2, 0.25) is 6.08 Å². The molecule has 0 aliphatic heterocycles. The van der Waals surface area contributed by atoms with E-state index in [1.165, 1.54) is 0 Å². The second kappa shape index (κ2) is 4.80. The van der Waals surface area contributed by atoms with Gasteiger partial charge in [0.15, 0.2) is 0 Å². The Morgan fingerprint density at radius 1 is 1.32 bits per heavy atom. The van der Waals surface area contributed by atoms with Crippen molar-refractivity contribution in [3.63, 3.8) is 0 Å². The van der Waals surface area contributed by atoms with Crippen LogP contribution >= 0.6 is 11.3 Å². The molecular weight excluding hydrogens is 258 g/mol. The van der Waals surface area contributed by atoms with Gasteiger partial charge in [-0.3, -0.25) is 0 Å². The molecule has 0 N–H and O–H groups in total. The Bertz CT molecular complexity index is 649. The van der Waals surface area contributed by atoms with E-state index in [1.807, 2.05) is 6.07 Å². The van der Waals surface area contributed by atoms with E-state index in [0.29, 0.717) is 0 Å². The monoisotopic (exact) mass is 273 g/mol. The van der Waals surface area contributed by atoms with E-state index in [0.717, 1.165) is 47.1 Å². The predicted octanol–water partition coefficient (Wildman–Crippen LogP) is 4.02. The van der Waals surface area contributed by atoms with Gasteiger partial charge in [-0.25, -0.2) is 4.79 Å². The summed E-state index contributed by atoms with van der Waals surface area (Å²) in [6, 6.07) is 6.13. The minimum Gasteiger partial charge on any atom is -0.495 e. The van der Waals surface area contributed by atoms with E-state index in [4.69, 9.17) is 4.74 Å². The van der Waals surface area contributed by atoms with E-state index in [1.54, 1.807) is 24.5 Å². The molecule has 0 unspecified atom stereocenters. The highest BCUT2D eigenvalue weighted by atomic mass is 32.1. The number of aliphatic imine (C=N–C) groups is 1. The number of hydrogen-bond donors (Lipinski definition) is 0. The summed E-state index contributed by atoms with van der Waals surface area (Å²) in [4.78, 5) is 15.0. The van der Waals surface area contributed by atoms with Crippen LogP contribution in [-0.4, -0.2) is 13.2 Å². The molecule has 1 heterocycles. The molecule has 3 nitrogen and oxygen atoms in total. The number of fused-ring (bicyclic) bond motifs is 1. The predicted molar refractivity (Wildman–Crippen MR) is 76.6 cm³/mol. The molecule has 2 aromatic rings. The Hall–Kier alpha value is -1.64. The van der Waals surface area contributed by atoms with Gasteiger partial charge in [-0.15, -0.1) is 11.3 Å². The van der Waals surface area contributed by atoms with E-state index in [2.05, 4.69) is 22.5 Å². The quantitative estimate of drug-likeness (QED) is 0.626. The van der Waals surface area contributed by atoms with Crippen molar-refractivity contribution in [1.29, 1.82) is 0 Å². The van der Waals surface area contributed by atoms with E-state index in [9.17, 15) is 4.79 Å². The van der Waals surface area contributed by atoms with E-state index in [-0.39, 0.29) is 5.54 Å². The van der Waals surface area contributed by atoms with Gasteiger partial charge >= 0.3 is 0 Å². The van der Waals surface area contributed by atoms with E-state index < -0.39 is 0 Å². The number of carbonyl (C=O) groups excluding carboxylic acids is 1. The molecule has 0 amide bonds. The SMILES string of the molecule is COc1ccc(C2(N=C=O)CCCC2)c2ccsc12. The summed E-state index contributed by atoms with van der Waals surface area (Å²) in [5.74, 6) is 0.886. The molecule has 4 heteroatoms. The van der Waals surface area contributed by atoms with Crippen molar-refractivity contribution in [2.75, 3.05) is 7.11 Å². The van der Waals surface area contributed by atoms with Crippen LogP contribution in [0.25, 0.3) is 10.1 Å². The fraction of sp³-hybridized carbons (Fsp3) is 0.400. The van der Waals surface area contributed by atoms with Gasteiger partial charge in [0.25, 0.3) is 0 Å². The van der Waals surface area contributed by atoms with Crippen molar-refractivity contribution in [1.82, 2.24) is 0 Å². The first-order valence-electron chi connectivity index (χ1n) is 6.44. The highest BCUT2D eigenvalue weighted by molar-refractivity contribution is 7.17. The molecule has 0 atom stereocenters. The summed E-state index contributed by atoms with van der Waals surface area (Å²) in [5.41, 5.74) is 0.776. The third-order valence-corrected chi connectivity index (χ3v) is 4.92. The van der Waals surface area contributed by atoms with Gasteiger partial charge in [-0.1, -0.05) is 18.9 Å². The van der Waals surface area contributed by atoms with Crippen molar-refractivity contribution >= 4 is 27.5 Å². The Morgan fingerprint density at radius 3 is 2.79 bits per heavy atom. The van der Waals surface area contributed by atoms with Crippen molar-refractivity contribution in [3.8, 4) is 5.75 Å². The minimum atomic E-state index is -0.368. The highest BCUT2D eigenvalue weighted by Crippen LogP contribution is 2.46. The number of thiophene rings is 1. The normalized spacial score (nSPS) is 17.3. The molecule has 1 saturated carbocycles. The number of ether oxygens (including phenoxy) is 1. The fourth-order valence-corrected chi connectivity index (χ4v) is 4.00. The molecule has 0 bridgehead atoms. The molecule has 1 aliphatic carbocycles. The van der Waals surface area contributed by atoms with Crippen LogP contribution in [0.1, 0.15) is 31.2 Å². The maximum absolute atomic E-state index is 10.8. The molecule has 0 radical (unpaired) electrons. The van der Waals surface area contributed by atoms with Gasteiger partial charge in [0.05, 0.1) is 17.3 Å². The van der Waals surface area contributed by atoms with Crippen LogP contribution in [0.4, 0.5) is 0 Å². The zero-order chi connectivity index (χ0) is 13.3. The molecule has 1 aliphatic rings. The summed E-state index contributed by atoms with van der Waals surface area (Å²) >= 11 is 1.66. The number of hydrogen-bond acceptors (Lipinski definition) is 4. The summed E-state index contributed by atoms with van der Waals surface area (Å²) < 4.78 is 6.53. The maximum Gasteiger partial charge on any atom is 0.235 e. The van der Waals surface area contributed by atoms with Crippen LogP contribution in [0.3, 0.4) is 0 Å².